The average Bonchev–Trinajstić information content (AvgIpc) is 3.19. The van der Waals surface area contributed by atoms with E-state index >= 15 is 0 Å². The Balaban J connectivity index is 1.63. The van der Waals surface area contributed by atoms with Gasteiger partial charge >= 0.3 is 0 Å². The van der Waals surface area contributed by atoms with Crippen LogP contribution in [0.5, 0.6) is 0 Å². The fourth-order valence-electron chi connectivity index (χ4n) is 5.07. The molecule has 5 aromatic rings. The highest BCUT2D eigenvalue weighted by molar-refractivity contribution is 7.23. The first kappa shape index (κ1) is 24.6. The number of halogens is 1. The van der Waals surface area contributed by atoms with Gasteiger partial charge < -0.3 is 0 Å². The van der Waals surface area contributed by atoms with Crippen LogP contribution in [0.1, 0.15) is 51.3 Å². The standard InChI is InChI=1S/C33H34FNS/c1-21-26-15-16-35-29(25-17-24-9-7-8-10-27(24)28(18-25)32(2,3)4)31(26)36-30(21)23-13-11-22(12-14-23)19-33(5,6)20-34/h7-18H,19-20H2,1-6H3. The van der Waals surface area contributed by atoms with Crippen molar-refractivity contribution in [1.82, 2.24) is 4.98 Å². The van der Waals surface area contributed by atoms with Crippen LogP contribution in [0.3, 0.4) is 0 Å². The number of thiophene rings is 1. The third-order valence-corrected chi connectivity index (χ3v) is 8.42. The van der Waals surface area contributed by atoms with E-state index < -0.39 is 0 Å². The van der Waals surface area contributed by atoms with Crippen molar-refractivity contribution in [1.29, 1.82) is 0 Å². The van der Waals surface area contributed by atoms with Gasteiger partial charge in [0.15, 0.2) is 0 Å². The number of hydrogen-bond acceptors (Lipinski definition) is 2. The number of rotatable bonds is 5. The van der Waals surface area contributed by atoms with E-state index in [1.165, 1.54) is 53.6 Å². The Morgan fingerprint density at radius 1 is 0.833 bits per heavy atom. The molecule has 0 fully saturated rings. The summed E-state index contributed by atoms with van der Waals surface area (Å²) < 4.78 is 14.5. The van der Waals surface area contributed by atoms with Gasteiger partial charge in [-0.2, -0.15) is 0 Å². The number of alkyl halides is 1. The van der Waals surface area contributed by atoms with Crippen LogP contribution in [-0.4, -0.2) is 11.7 Å². The summed E-state index contributed by atoms with van der Waals surface area (Å²) >= 11 is 1.82. The van der Waals surface area contributed by atoms with E-state index in [1.807, 2.05) is 31.4 Å². The minimum Gasteiger partial charge on any atom is -0.255 e. The molecule has 0 atom stereocenters. The highest BCUT2D eigenvalue weighted by Gasteiger charge is 2.21. The maximum atomic E-state index is 13.3. The molecule has 3 heteroatoms. The first-order valence-corrected chi connectivity index (χ1v) is 13.5. The number of aromatic nitrogens is 1. The summed E-state index contributed by atoms with van der Waals surface area (Å²) in [5, 5.41) is 3.81. The number of hydrogen-bond donors (Lipinski definition) is 0. The average molecular weight is 496 g/mol. The van der Waals surface area contributed by atoms with Gasteiger partial charge in [0, 0.05) is 16.6 Å². The van der Waals surface area contributed by atoms with E-state index in [1.54, 1.807) is 0 Å². The van der Waals surface area contributed by atoms with Crippen LogP contribution in [0.15, 0.2) is 72.9 Å². The molecule has 184 valence electrons. The Bertz CT molecular complexity index is 1550. The first-order valence-electron chi connectivity index (χ1n) is 12.6. The Morgan fingerprint density at radius 3 is 2.25 bits per heavy atom. The SMILES string of the molecule is Cc1c(-c2ccc(CC(C)(C)CF)cc2)sc2c(-c3cc(C(C)(C)C)c4ccccc4c3)nccc12. The molecule has 0 spiro atoms. The van der Waals surface area contributed by atoms with E-state index in [0.717, 1.165) is 12.1 Å². The monoisotopic (exact) mass is 495 g/mol. The maximum absolute atomic E-state index is 13.3. The summed E-state index contributed by atoms with van der Waals surface area (Å²) in [4.78, 5) is 6.16. The van der Waals surface area contributed by atoms with Crippen molar-refractivity contribution in [2.75, 3.05) is 6.67 Å². The van der Waals surface area contributed by atoms with Crippen LogP contribution in [-0.2, 0) is 11.8 Å². The van der Waals surface area contributed by atoms with E-state index in [9.17, 15) is 4.39 Å². The molecular formula is C33H34FNS. The summed E-state index contributed by atoms with van der Waals surface area (Å²) in [6, 6.07) is 24.1. The third kappa shape index (κ3) is 4.57. The molecule has 0 bridgehead atoms. The molecule has 36 heavy (non-hydrogen) atoms. The largest absolute Gasteiger partial charge is 0.255 e. The third-order valence-electron chi connectivity index (χ3n) is 7.06. The zero-order valence-electron chi connectivity index (χ0n) is 22.1. The second-order valence-corrected chi connectivity index (χ2v) is 12.8. The number of benzene rings is 3. The molecule has 0 aliphatic heterocycles. The van der Waals surface area contributed by atoms with Crippen molar-refractivity contribution in [3.05, 3.63) is 89.6 Å². The van der Waals surface area contributed by atoms with E-state index in [-0.39, 0.29) is 17.5 Å². The molecule has 0 aliphatic carbocycles. The Hall–Kier alpha value is -3.04. The van der Waals surface area contributed by atoms with Gasteiger partial charge in [-0.15, -0.1) is 11.3 Å². The molecule has 2 heterocycles. The summed E-state index contributed by atoms with van der Waals surface area (Å²) in [6.07, 6.45) is 2.68. The fourth-order valence-corrected chi connectivity index (χ4v) is 6.39. The van der Waals surface area contributed by atoms with Crippen LogP contribution in [0.4, 0.5) is 4.39 Å². The van der Waals surface area contributed by atoms with Crippen molar-refractivity contribution in [2.24, 2.45) is 5.41 Å². The second-order valence-electron chi connectivity index (χ2n) is 11.8. The normalized spacial score (nSPS) is 12.5. The van der Waals surface area contributed by atoms with Gasteiger partial charge in [-0.3, -0.25) is 9.37 Å². The first-order chi connectivity index (χ1) is 17.1. The Kier molecular flexibility index (Phi) is 6.24. The summed E-state index contributed by atoms with van der Waals surface area (Å²) in [5.74, 6) is 0. The van der Waals surface area contributed by atoms with E-state index in [2.05, 4.69) is 94.4 Å². The van der Waals surface area contributed by atoms with Crippen molar-refractivity contribution < 1.29 is 4.39 Å². The summed E-state index contributed by atoms with van der Waals surface area (Å²) in [7, 11) is 0. The summed E-state index contributed by atoms with van der Waals surface area (Å²) in [6.45, 7) is 12.7. The number of aryl methyl sites for hydroxylation is 1. The molecule has 1 nitrogen and oxygen atoms in total. The van der Waals surface area contributed by atoms with Crippen LogP contribution in [0.25, 0.3) is 42.6 Å². The van der Waals surface area contributed by atoms with E-state index in [4.69, 9.17) is 4.98 Å². The predicted molar refractivity (Wildman–Crippen MR) is 155 cm³/mol. The molecule has 0 aliphatic rings. The van der Waals surface area contributed by atoms with Crippen LogP contribution >= 0.6 is 11.3 Å². The quantitative estimate of drug-likeness (QED) is 0.236. The molecule has 0 unspecified atom stereocenters. The van der Waals surface area contributed by atoms with Gasteiger partial charge in [0.25, 0.3) is 0 Å². The van der Waals surface area contributed by atoms with Gasteiger partial charge in [0.05, 0.1) is 17.1 Å². The molecule has 3 aromatic carbocycles. The molecular weight excluding hydrogens is 461 g/mol. The molecule has 2 aromatic heterocycles. The lowest BCUT2D eigenvalue weighted by atomic mass is 9.82. The maximum Gasteiger partial charge on any atom is 0.0948 e. The molecule has 0 radical (unpaired) electrons. The highest BCUT2D eigenvalue weighted by atomic mass is 32.1. The van der Waals surface area contributed by atoms with Crippen molar-refractivity contribution in [2.45, 2.75) is 53.4 Å². The van der Waals surface area contributed by atoms with Gasteiger partial charge in [-0.1, -0.05) is 83.1 Å². The van der Waals surface area contributed by atoms with Gasteiger partial charge in [-0.05, 0) is 80.8 Å². The zero-order chi connectivity index (χ0) is 25.7. The zero-order valence-corrected chi connectivity index (χ0v) is 22.9. The summed E-state index contributed by atoms with van der Waals surface area (Å²) in [5.41, 5.74) is 6.91. The smallest absolute Gasteiger partial charge is 0.0948 e. The lowest BCUT2D eigenvalue weighted by Crippen LogP contribution is -2.17. The molecule has 0 N–H and O–H groups in total. The lowest BCUT2D eigenvalue weighted by Gasteiger charge is -2.22. The lowest BCUT2D eigenvalue weighted by molar-refractivity contribution is 0.256. The van der Waals surface area contributed by atoms with Gasteiger partial charge in [0.2, 0.25) is 0 Å². The van der Waals surface area contributed by atoms with E-state index in [0.29, 0.717) is 0 Å². The molecule has 0 saturated carbocycles. The number of pyridine rings is 1. The minimum atomic E-state index is -0.332. The van der Waals surface area contributed by atoms with Crippen LogP contribution in [0.2, 0.25) is 0 Å². The Labute approximate surface area is 218 Å². The molecule has 0 saturated heterocycles. The Morgan fingerprint density at radius 2 is 1.56 bits per heavy atom. The molecule has 5 rings (SSSR count). The van der Waals surface area contributed by atoms with Crippen molar-refractivity contribution >= 4 is 32.2 Å². The van der Waals surface area contributed by atoms with Crippen molar-refractivity contribution in [3.8, 4) is 21.7 Å². The minimum absolute atomic E-state index is 0.0263. The van der Waals surface area contributed by atoms with Crippen LogP contribution in [0, 0.1) is 12.3 Å². The van der Waals surface area contributed by atoms with Gasteiger partial charge in [0.1, 0.15) is 0 Å². The predicted octanol–water partition coefficient (Wildman–Crippen LogP) is 9.93. The number of fused-ring (bicyclic) bond motifs is 2. The van der Waals surface area contributed by atoms with Crippen LogP contribution < -0.4 is 0 Å². The van der Waals surface area contributed by atoms with Gasteiger partial charge in [-0.25, -0.2) is 0 Å². The highest BCUT2D eigenvalue weighted by Crippen LogP contribution is 2.43. The van der Waals surface area contributed by atoms with Crippen molar-refractivity contribution in [3.63, 3.8) is 0 Å². The molecule has 0 amide bonds. The fraction of sp³-hybridized carbons (Fsp3) is 0.303. The number of nitrogens with zero attached hydrogens (tertiary/aromatic N) is 1. The topological polar surface area (TPSA) is 12.9 Å². The second kappa shape index (κ2) is 9.12.